The fourth-order valence-corrected chi connectivity index (χ4v) is 1.67. The van der Waals surface area contributed by atoms with E-state index in [4.69, 9.17) is 5.73 Å². The molecule has 0 bridgehead atoms. The summed E-state index contributed by atoms with van der Waals surface area (Å²) in [6, 6.07) is 0.423. The van der Waals surface area contributed by atoms with Gasteiger partial charge in [0.2, 0.25) is 0 Å². The van der Waals surface area contributed by atoms with E-state index in [0.29, 0.717) is 12.0 Å². The van der Waals surface area contributed by atoms with Crippen LogP contribution in [-0.4, -0.2) is 30.6 Å². The Morgan fingerprint density at radius 1 is 1.58 bits per heavy atom. The van der Waals surface area contributed by atoms with Crippen LogP contribution in [0.4, 0.5) is 0 Å². The van der Waals surface area contributed by atoms with Gasteiger partial charge in [-0.3, -0.25) is 4.90 Å². The molecule has 0 saturated carbocycles. The van der Waals surface area contributed by atoms with E-state index >= 15 is 0 Å². The van der Waals surface area contributed by atoms with Gasteiger partial charge in [0, 0.05) is 19.1 Å². The van der Waals surface area contributed by atoms with Crippen molar-refractivity contribution < 1.29 is 0 Å². The molecule has 2 nitrogen and oxygen atoms in total. The third kappa shape index (κ3) is 2.61. The summed E-state index contributed by atoms with van der Waals surface area (Å²) >= 11 is 0. The SMILES string of the molecule is CC=CCN1CCC(N)C(C)C1. The fourth-order valence-electron chi connectivity index (χ4n) is 1.67. The first kappa shape index (κ1) is 9.75. The first-order valence-electron chi connectivity index (χ1n) is 4.83. The average Bonchev–Trinajstić information content (AvgIpc) is 2.07. The molecule has 12 heavy (non-hydrogen) atoms. The molecule has 0 aromatic heterocycles. The first-order chi connectivity index (χ1) is 5.74. The van der Waals surface area contributed by atoms with Gasteiger partial charge < -0.3 is 5.73 Å². The van der Waals surface area contributed by atoms with Crippen LogP contribution in [0.25, 0.3) is 0 Å². The molecule has 1 rings (SSSR count). The molecule has 2 unspecified atom stereocenters. The average molecular weight is 168 g/mol. The van der Waals surface area contributed by atoms with Gasteiger partial charge in [-0.2, -0.15) is 0 Å². The summed E-state index contributed by atoms with van der Waals surface area (Å²) in [5.41, 5.74) is 5.92. The highest BCUT2D eigenvalue weighted by molar-refractivity contribution is 4.86. The highest BCUT2D eigenvalue weighted by Gasteiger charge is 2.21. The second kappa shape index (κ2) is 4.63. The maximum atomic E-state index is 5.92. The van der Waals surface area contributed by atoms with E-state index in [9.17, 15) is 0 Å². The van der Waals surface area contributed by atoms with Crippen LogP contribution in [0.5, 0.6) is 0 Å². The number of hydrogen-bond donors (Lipinski definition) is 1. The number of allylic oxidation sites excluding steroid dienone is 1. The Labute approximate surface area is 75.4 Å². The maximum absolute atomic E-state index is 5.92. The lowest BCUT2D eigenvalue weighted by Gasteiger charge is -2.34. The molecule has 2 heteroatoms. The number of rotatable bonds is 2. The molecular formula is C10H20N2. The van der Waals surface area contributed by atoms with Crippen LogP contribution in [0.2, 0.25) is 0 Å². The zero-order valence-corrected chi connectivity index (χ0v) is 8.16. The topological polar surface area (TPSA) is 29.3 Å². The molecule has 0 radical (unpaired) electrons. The largest absolute Gasteiger partial charge is 0.327 e. The van der Waals surface area contributed by atoms with E-state index in [1.165, 1.54) is 0 Å². The summed E-state index contributed by atoms with van der Waals surface area (Å²) in [5, 5.41) is 0. The summed E-state index contributed by atoms with van der Waals surface area (Å²) in [5.74, 6) is 0.656. The molecule has 70 valence electrons. The minimum absolute atomic E-state index is 0.423. The molecule has 0 amide bonds. The molecular weight excluding hydrogens is 148 g/mol. The maximum Gasteiger partial charge on any atom is 0.0163 e. The van der Waals surface area contributed by atoms with Crippen molar-refractivity contribution in [2.75, 3.05) is 19.6 Å². The molecule has 0 spiro atoms. The van der Waals surface area contributed by atoms with Crippen LogP contribution in [-0.2, 0) is 0 Å². The molecule has 1 saturated heterocycles. The Hall–Kier alpha value is -0.340. The van der Waals surface area contributed by atoms with Gasteiger partial charge in [-0.05, 0) is 25.8 Å². The van der Waals surface area contributed by atoms with Crippen molar-refractivity contribution in [3.63, 3.8) is 0 Å². The van der Waals surface area contributed by atoms with Gasteiger partial charge in [-0.25, -0.2) is 0 Å². The van der Waals surface area contributed by atoms with E-state index in [1.807, 2.05) is 0 Å². The number of likely N-dealkylation sites (tertiary alicyclic amines) is 1. The van der Waals surface area contributed by atoms with Crippen LogP contribution in [0, 0.1) is 5.92 Å². The summed E-state index contributed by atoms with van der Waals surface area (Å²) in [6.07, 6.45) is 5.47. The van der Waals surface area contributed by atoms with E-state index in [0.717, 1.165) is 26.1 Å². The normalized spacial score (nSPS) is 32.9. The van der Waals surface area contributed by atoms with Gasteiger partial charge >= 0.3 is 0 Å². The third-order valence-corrected chi connectivity index (χ3v) is 2.66. The second-order valence-corrected chi connectivity index (χ2v) is 3.76. The Kier molecular flexibility index (Phi) is 3.76. The smallest absolute Gasteiger partial charge is 0.0163 e. The highest BCUT2D eigenvalue weighted by atomic mass is 15.1. The summed E-state index contributed by atoms with van der Waals surface area (Å²) < 4.78 is 0. The lowest BCUT2D eigenvalue weighted by Crippen LogP contribution is -2.45. The van der Waals surface area contributed by atoms with Crippen molar-refractivity contribution in [1.29, 1.82) is 0 Å². The van der Waals surface area contributed by atoms with Crippen LogP contribution in [0.3, 0.4) is 0 Å². The highest BCUT2D eigenvalue weighted by Crippen LogP contribution is 2.14. The number of hydrogen-bond acceptors (Lipinski definition) is 2. The zero-order chi connectivity index (χ0) is 8.97. The van der Waals surface area contributed by atoms with Gasteiger partial charge in [-0.1, -0.05) is 19.1 Å². The van der Waals surface area contributed by atoms with Crippen molar-refractivity contribution >= 4 is 0 Å². The molecule has 1 aliphatic heterocycles. The fraction of sp³-hybridized carbons (Fsp3) is 0.800. The lowest BCUT2D eigenvalue weighted by atomic mass is 9.95. The second-order valence-electron chi connectivity index (χ2n) is 3.76. The first-order valence-corrected chi connectivity index (χ1v) is 4.83. The molecule has 1 heterocycles. The quantitative estimate of drug-likeness (QED) is 0.628. The van der Waals surface area contributed by atoms with E-state index in [2.05, 4.69) is 30.9 Å². The van der Waals surface area contributed by atoms with Gasteiger partial charge in [-0.15, -0.1) is 0 Å². The summed E-state index contributed by atoms with van der Waals surface area (Å²) in [7, 11) is 0. The predicted octanol–water partition coefficient (Wildman–Crippen LogP) is 1.23. The molecule has 0 aromatic carbocycles. The van der Waals surface area contributed by atoms with Crippen molar-refractivity contribution in [2.45, 2.75) is 26.3 Å². The van der Waals surface area contributed by atoms with Crippen molar-refractivity contribution in [1.82, 2.24) is 4.90 Å². The van der Waals surface area contributed by atoms with Crippen molar-refractivity contribution in [2.24, 2.45) is 11.7 Å². The molecule has 2 atom stereocenters. The lowest BCUT2D eigenvalue weighted by molar-refractivity contribution is 0.180. The van der Waals surface area contributed by atoms with Crippen LogP contribution >= 0.6 is 0 Å². The molecule has 1 aliphatic rings. The van der Waals surface area contributed by atoms with E-state index in [-0.39, 0.29) is 0 Å². The monoisotopic (exact) mass is 168 g/mol. The Balaban J connectivity index is 2.30. The van der Waals surface area contributed by atoms with Crippen LogP contribution in [0.1, 0.15) is 20.3 Å². The van der Waals surface area contributed by atoms with Crippen LogP contribution in [0.15, 0.2) is 12.2 Å². The predicted molar refractivity (Wildman–Crippen MR) is 53.0 cm³/mol. The number of nitrogens with zero attached hydrogens (tertiary/aromatic N) is 1. The minimum Gasteiger partial charge on any atom is -0.327 e. The van der Waals surface area contributed by atoms with Gasteiger partial charge in [0.1, 0.15) is 0 Å². The Morgan fingerprint density at radius 2 is 2.33 bits per heavy atom. The molecule has 2 N–H and O–H groups in total. The Morgan fingerprint density at radius 3 is 2.92 bits per heavy atom. The standard InChI is InChI=1S/C10H20N2/c1-3-4-6-12-7-5-10(11)9(2)8-12/h3-4,9-10H,5-8,11H2,1-2H3. The molecule has 0 aliphatic carbocycles. The summed E-state index contributed by atoms with van der Waals surface area (Å²) in [4.78, 5) is 2.47. The minimum atomic E-state index is 0.423. The van der Waals surface area contributed by atoms with Gasteiger partial charge in [0.25, 0.3) is 0 Å². The van der Waals surface area contributed by atoms with E-state index < -0.39 is 0 Å². The van der Waals surface area contributed by atoms with E-state index in [1.54, 1.807) is 0 Å². The van der Waals surface area contributed by atoms with Crippen molar-refractivity contribution in [3.05, 3.63) is 12.2 Å². The third-order valence-electron chi connectivity index (χ3n) is 2.66. The number of piperidine rings is 1. The number of nitrogens with two attached hydrogens (primary N) is 1. The zero-order valence-electron chi connectivity index (χ0n) is 8.16. The van der Waals surface area contributed by atoms with Crippen molar-refractivity contribution in [3.8, 4) is 0 Å². The molecule has 0 aromatic rings. The Bertz CT molecular complexity index is 154. The molecule has 1 fully saturated rings. The summed E-state index contributed by atoms with van der Waals surface area (Å²) in [6.45, 7) is 7.72. The van der Waals surface area contributed by atoms with Crippen LogP contribution < -0.4 is 5.73 Å². The van der Waals surface area contributed by atoms with Gasteiger partial charge in [0.15, 0.2) is 0 Å². The van der Waals surface area contributed by atoms with Gasteiger partial charge in [0.05, 0.1) is 0 Å².